The lowest BCUT2D eigenvalue weighted by atomic mass is 9.95. The number of amides is 1. The predicted molar refractivity (Wildman–Crippen MR) is 98.5 cm³/mol. The first kappa shape index (κ1) is 16.9. The molecule has 0 unspecified atom stereocenters. The highest BCUT2D eigenvalue weighted by molar-refractivity contribution is 9.10. The van der Waals surface area contributed by atoms with E-state index in [-0.39, 0.29) is 11.9 Å². The predicted octanol–water partition coefficient (Wildman–Crippen LogP) is 4.35. The Morgan fingerprint density at radius 1 is 1.21 bits per heavy atom. The summed E-state index contributed by atoms with van der Waals surface area (Å²) in [6.45, 7) is 2.02. The third-order valence-corrected chi connectivity index (χ3v) is 5.13. The summed E-state index contributed by atoms with van der Waals surface area (Å²) >= 11 is 3.48. The van der Waals surface area contributed by atoms with E-state index in [1.165, 1.54) is 19.3 Å². The number of aryl methyl sites for hydroxylation is 1. The summed E-state index contributed by atoms with van der Waals surface area (Å²) in [6, 6.07) is 7.83. The van der Waals surface area contributed by atoms with Crippen LogP contribution < -0.4 is 10.6 Å². The van der Waals surface area contributed by atoms with Crippen LogP contribution in [-0.2, 0) is 0 Å². The van der Waals surface area contributed by atoms with Crippen molar-refractivity contribution in [3.8, 4) is 0 Å². The van der Waals surface area contributed by atoms with Crippen LogP contribution in [0.25, 0.3) is 0 Å². The fraction of sp³-hybridized carbons (Fsp3) is 0.389. The van der Waals surface area contributed by atoms with Crippen LogP contribution in [0, 0.1) is 6.92 Å². The Kier molecular flexibility index (Phi) is 5.45. The van der Waals surface area contributed by atoms with Gasteiger partial charge in [0.1, 0.15) is 5.69 Å². The van der Waals surface area contributed by atoms with Gasteiger partial charge in [0.25, 0.3) is 5.91 Å². The zero-order valence-corrected chi connectivity index (χ0v) is 15.3. The first-order valence-electron chi connectivity index (χ1n) is 8.29. The van der Waals surface area contributed by atoms with E-state index in [1.54, 1.807) is 12.3 Å². The Labute approximate surface area is 150 Å². The molecule has 0 saturated heterocycles. The molecule has 0 atom stereocenters. The van der Waals surface area contributed by atoms with Gasteiger partial charge in [-0.25, -0.2) is 9.97 Å². The van der Waals surface area contributed by atoms with Crippen molar-refractivity contribution in [1.29, 1.82) is 0 Å². The zero-order chi connectivity index (χ0) is 16.9. The largest absolute Gasteiger partial charge is 0.348 e. The van der Waals surface area contributed by atoms with E-state index in [0.717, 1.165) is 28.6 Å². The topological polar surface area (TPSA) is 66.9 Å². The van der Waals surface area contributed by atoms with Crippen LogP contribution in [0.3, 0.4) is 0 Å². The number of aromatic nitrogens is 2. The number of anilines is 2. The molecule has 2 N–H and O–H groups in total. The Balaban J connectivity index is 1.68. The highest BCUT2D eigenvalue weighted by Gasteiger charge is 2.17. The third kappa shape index (κ3) is 4.32. The minimum Gasteiger partial charge on any atom is -0.348 e. The summed E-state index contributed by atoms with van der Waals surface area (Å²) in [4.78, 5) is 20.9. The molecule has 6 heteroatoms. The van der Waals surface area contributed by atoms with Gasteiger partial charge in [0.2, 0.25) is 5.95 Å². The number of rotatable bonds is 4. The summed E-state index contributed by atoms with van der Waals surface area (Å²) in [5.41, 5.74) is 2.40. The molecular formula is C18H21BrN4O. The molecule has 3 rings (SSSR count). The second-order valence-electron chi connectivity index (χ2n) is 6.16. The Morgan fingerprint density at radius 2 is 2.00 bits per heavy atom. The van der Waals surface area contributed by atoms with Gasteiger partial charge in [0.05, 0.1) is 0 Å². The van der Waals surface area contributed by atoms with Crippen molar-refractivity contribution in [2.45, 2.75) is 45.1 Å². The number of benzene rings is 1. The fourth-order valence-electron chi connectivity index (χ4n) is 2.90. The number of halogens is 1. The first-order chi connectivity index (χ1) is 11.6. The van der Waals surface area contributed by atoms with E-state index < -0.39 is 0 Å². The minimum atomic E-state index is -0.126. The van der Waals surface area contributed by atoms with Gasteiger partial charge in [0, 0.05) is 22.4 Å². The summed E-state index contributed by atoms with van der Waals surface area (Å²) in [5.74, 6) is 0.298. The molecule has 5 nitrogen and oxygen atoms in total. The van der Waals surface area contributed by atoms with Crippen molar-refractivity contribution in [3.05, 3.63) is 46.2 Å². The van der Waals surface area contributed by atoms with Crippen LogP contribution in [0.2, 0.25) is 0 Å². The molecular weight excluding hydrogens is 368 g/mol. The van der Waals surface area contributed by atoms with E-state index in [0.29, 0.717) is 11.6 Å². The maximum Gasteiger partial charge on any atom is 0.270 e. The fourth-order valence-corrected chi connectivity index (χ4v) is 3.15. The Bertz CT molecular complexity index is 729. The summed E-state index contributed by atoms with van der Waals surface area (Å²) < 4.78 is 1.05. The van der Waals surface area contributed by atoms with Crippen molar-refractivity contribution in [1.82, 2.24) is 15.3 Å². The van der Waals surface area contributed by atoms with Crippen molar-refractivity contribution in [2.75, 3.05) is 5.32 Å². The molecule has 1 saturated carbocycles. The molecule has 1 heterocycles. The second kappa shape index (κ2) is 7.75. The van der Waals surface area contributed by atoms with Crippen LogP contribution in [0.5, 0.6) is 0 Å². The monoisotopic (exact) mass is 388 g/mol. The summed E-state index contributed by atoms with van der Waals surface area (Å²) in [5, 5.41) is 6.23. The summed E-state index contributed by atoms with van der Waals surface area (Å²) in [7, 11) is 0. The van der Waals surface area contributed by atoms with Crippen LogP contribution >= 0.6 is 15.9 Å². The highest BCUT2D eigenvalue weighted by Crippen LogP contribution is 2.22. The number of carbonyl (C=O) groups is 1. The second-order valence-corrected chi connectivity index (χ2v) is 7.02. The lowest BCUT2D eigenvalue weighted by Gasteiger charge is -2.22. The SMILES string of the molecule is Cc1cc(Nc2nccc(C(=O)NC3CCCCC3)n2)ccc1Br. The van der Waals surface area contributed by atoms with Crippen LogP contribution in [0.15, 0.2) is 34.9 Å². The molecule has 1 fully saturated rings. The standard InChI is InChI=1S/C18H21BrN4O/c1-12-11-14(7-8-15(12)19)22-18-20-10-9-16(23-18)17(24)21-13-5-3-2-4-6-13/h7-11,13H,2-6H2,1H3,(H,21,24)(H,20,22,23). The van der Waals surface area contributed by atoms with Gasteiger partial charge in [-0.05, 0) is 49.6 Å². The average Bonchev–Trinajstić information content (AvgIpc) is 2.59. The number of nitrogens with zero attached hydrogens (tertiary/aromatic N) is 2. The number of hydrogen-bond donors (Lipinski definition) is 2. The molecule has 1 aliphatic rings. The number of hydrogen-bond acceptors (Lipinski definition) is 4. The molecule has 126 valence electrons. The van der Waals surface area contributed by atoms with Gasteiger partial charge in [-0.15, -0.1) is 0 Å². The van der Waals surface area contributed by atoms with E-state index >= 15 is 0 Å². The first-order valence-corrected chi connectivity index (χ1v) is 9.08. The third-order valence-electron chi connectivity index (χ3n) is 4.24. The van der Waals surface area contributed by atoms with Gasteiger partial charge >= 0.3 is 0 Å². The van der Waals surface area contributed by atoms with Gasteiger partial charge in [0.15, 0.2) is 0 Å². The molecule has 1 aliphatic carbocycles. The molecule has 0 radical (unpaired) electrons. The molecule has 1 amide bonds. The molecule has 0 bridgehead atoms. The Hall–Kier alpha value is -1.95. The average molecular weight is 389 g/mol. The maximum absolute atomic E-state index is 12.4. The van der Waals surface area contributed by atoms with Crippen molar-refractivity contribution in [2.24, 2.45) is 0 Å². The van der Waals surface area contributed by atoms with Gasteiger partial charge in [-0.2, -0.15) is 0 Å². The van der Waals surface area contributed by atoms with Crippen molar-refractivity contribution < 1.29 is 4.79 Å². The van der Waals surface area contributed by atoms with Gasteiger partial charge < -0.3 is 10.6 Å². The maximum atomic E-state index is 12.4. The molecule has 0 spiro atoms. The van der Waals surface area contributed by atoms with Gasteiger partial charge in [-0.1, -0.05) is 35.2 Å². The smallest absolute Gasteiger partial charge is 0.270 e. The lowest BCUT2D eigenvalue weighted by Crippen LogP contribution is -2.36. The molecule has 2 aromatic rings. The lowest BCUT2D eigenvalue weighted by molar-refractivity contribution is 0.0922. The van der Waals surface area contributed by atoms with Crippen molar-refractivity contribution >= 4 is 33.5 Å². The van der Waals surface area contributed by atoms with E-state index in [4.69, 9.17) is 0 Å². The van der Waals surface area contributed by atoms with E-state index in [9.17, 15) is 4.79 Å². The minimum absolute atomic E-state index is 0.126. The van der Waals surface area contributed by atoms with Crippen LogP contribution in [0.1, 0.15) is 48.2 Å². The number of nitrogens with one attached hydrogen (secondary N) is 2. The molecule has 0 aliphatic heterocycles. The quantitative estimate of drug-likeness (QED) is 0.816. The van der Waals surface area contributed by atoms with Gasteiger partial charge in [-0.3, -0.25) is 4.79 Å². The molecule has 1 aromatic heterocycles. The van der Waals surface area contributed by atoms with Crippen molar-refractivity contribution in [3.63, 3.8) is 0 Å². The van der Waals surface area contributed by atoms with E-state index in [1.807, 2.05) is 25.1 Å². The molecule has 24 heavy (non-hydrogen) atoms. The van der Waals surface area contributed by atoms with E-state index in [2.05, 4.69) is 36.5 Å². The highest BCUT2D eigenvalue weighted by atomic mass is 79.9. The molecule has 1 aromatic carbocycles. The van der Waals surface area contributed by atoms with Crippen LogP contribution in [0.4, 0.5) is 11.6 Å². The number of carbonyl (C=O) groups excluding carboxylic acids is 1. The van der Waals surface area contributed by atoms with Crippen LogP contribution in [-0.4, -0.2) is 21.9 Å². The summed E-state index contributed by atoms with van der Waals surface area (Å²) in [6.07, 6.45) is 7.35. The zero-order valence-electron chi connectivity index (χ0n) is 13.7. The normalized spacial score (nSPS) is 15.1. The Morgan fingerprint density at radius 3 is 2.75 bits per heavy atom.